The van der Waals surface area contributed by atoms with Crippen molar-refractivity contribution in [2.45, 2.75) is 45.8 Å². The summed E-state index contributed by atoms with van der Waals surface area (Å²) in [4.78, 5) is 3.60. The molecule has 0 amide bonds. The van der Waals surface area contributed by atoms with Gasteiger partial charge in [-0.15, -0.1) is 0 Å². The van der Waals surface area contributed by atoms with Crippen LogP contribution in [0.4, 0.5) is 4.39 Å². The van der Waals surface area contributed by atoms with E-state index in [0.29, 0.717) is 5.56 Å². The maximum atomic E-state index is 13.3. The van der Waals surface area contributed by atoms with Crippen molar-refractivity contribution in [3.8, 4) is 0 Å². The molecule has 102 valence electrons. The average molecular weight is 263 g/mol. The lowest BCUT2D eigenvalue weighted by atomic mass is 9.89. The van der Waals surface area contributed by atoms with Gasteiger partial charge in [-0.3, -0.25) is 0 Å². The van der Waals surface area contributed by atoms with Gasteiger partial charge in [0.2, 0.25) is 5.95 Å². The molecule has 0 saturated carbocycles. The molecule has 0 N–H and O–H groups in total. The highest BCUT2D eigenvalue weighted by Gasteiger charge is 2.49. The van der Waals surface area contributed by atoms with E-state index in [-0.39, 0.29) is 11.2 Å². The van der Waals surface area contributed by atoms with Crippen molar-refractivity contribution < 1.29 is 13.7 Å². The molecule has 2 heterocycles. The molecule has 5 heteroatoms. The second kappa shape index (κ2) is 4.73. The lowest BCUT2D eigenvalue weighted by Crippen LogP contribution is -2.41. The molecule has 19 heavy (non-hydrogen) atoms. The number of aromatic nitrogens is 1. The minimum Gasteiger partial charge on any atom is -0.400 e. The van der Waals surface area contributed by atoms with Crippen molar-refractivity contribution in [2.75, 3.05) is 0 Å². The Kier molecular flexibility index (Phi) is 3.54. The molecule has 0 unspecified atom stereocenters. The van der Waals surface area contributed by atoms with Gasteiger partial charge in [-0.05, 0) is 46.2 Å². The van der Waals surface area contributed by atoms with Crippen LogP contribution in [0.5, 0.6) is 0 Å². The predicted octanol–water partition coefficient (Wildman–Crippen LogP) is 3.17. The molecule has 0 aromatic carbocycles. The molecule has 1 fully saturated rings. The van der Waals surface area contributed by atoms with E-state index in [0.717, 1.165) is 5.56 Å². The van der Waals surface area contributed by atoms with Gasteiger partial charge in [0.15, 0.2) is 0 Å². The fraction of sp³-hybridized carbons (Fsp3) is 0.500. The Morgan fingerprint density at radius 1 is 1.21 bits per heavy atom. The van der Waals surface area contributed by atoms with Gasteiger partial charge in [0.05, 0.1) is 11.2 Å². The molecule has 0 bridgehead atoms. The number of rotatable bonds is 2. The third-order valence-corrected chi connectivity index (χ3v) is 3.89. The molecule has 2 rings (SSSR count). The molecule has 1 saturated heterocycles. The number of hydrogen-bond donors (Lipinski definition) is 0. The van der Waals surface area contributed by atoms with Crippen LogP contribution in [0.2, 0.25) is 0 Å². The normalized spacial score (nSPS) is 21.3. The number of nitrogens with zero attached hydrogens (tertiary/aromatic N) is 1. The monoisotopic (exact) mass is 263 g/mol. The second-order valence-corrected chi connectivity index (χ2v) is 5.80. The van der Waals surface area contributed by atoms with Crippen LogP contribution in [0.3, 0.4) is 0 Å². The molecule has 0 radical (unpaired) electrons. The minimum absolute atomic E-state index is 0.361. The first-order chi connectivity index (χ1) is 8.73. The maximum Gasteiger partial charge on any atom is 0.487 e. The van der Waals surface area contributed by atoms with Crippen LogP contribution in [-0.2, 0) is 9.31 Å². The first kappa shape index (κ1) is 14.2. The largest absolute Gasteiger partial charge is 0.487 e. The Labute approximate surface area is 114 Å². The number of hydrogen-bond acceptors (Lipinski definition) is 3. The zero-order valence-corrected chi connectivity index (χ0v) is 12.0. The minimum atomic E-state index is -0.448. The number of halogens is 1. The van der Waals surface area contributed by atoms with Gasteiger partial charge in [0.25, 0.3) is 0 Å². The first-order valence-corrected chi connectivity index (χ1v) is 6.38. The van der Waals surface area contributed by atoms with Crippen LogP contribution in [-0.4, -0.2) is 23.3 Å². The molecular formula is C14H19BFNO2. The van der Waals surface area contributed by atoms with E-state index >= 15 is 0 Å². The summed E-state index contributed by atoms with van der Waals surface area (Å²) in [5.41, 5.74) is 0.582. The highest BCUT2D eigenvalue weighted by molar-refractivity contribution is 6.52. The molecule has 1 aliphatic heterocycles. The van der Waals surface area contributed by atoms with Crippen LogP contribution in [0.15, 0.2) is 18.2 Å². The van der Waals surface area contributed by atoms with Gasteiger partial charge in [0.1, 0.15) is 0 Å². The van der Waals surface area contributed by atoms with E-state index in [9.17, 15) is 4.39 Å². The van der Waals surface area contributed by atoms with Crippen molar-refractivity contribution in [2.24, 2.45) is 0 Å². The Hall–Kier alpha value is -1.20. The molecular weight excluding hydrogens is 244 g/mol. The maximum absolute atomic E-state index is 13.3. The van der Waals surface area contributed by atoms with Crippen molar-refractivity contribution in [3.05, 3.63) is 35.3 Å². The van der Waals surface area contributed by atoms with Crippen LogP contribution < -0.4 is 0 Å². The van der Waals surface area contributed by atoms with E-state index in [2.05, 4.69) is 4.98 Å². The van der Waals surface area contributed by atoms with E-state index in [1.807, 2.05) is 33.8 Å². The Balaban J connectivity index is 2.15. The lowest BCUT2D eigenvalue weighted by molar-refractivity contribution is 0.00578. The molecule has 1 aliphatic rings. The first-order valence-electron chi connectivity index (χ1n) is 6.38. The second-order valence-electron chi connectivity index (χ2n) is 5.80. The van der Waals surface area contributed by atoms with Gasteiger partial charge in [-0.25, -0.2) is 4.98 Å². The summed E-state index contributed by atoms with van der Waals surface area (Å²) in [6.45, 7) is 9.69. The fourth-order valence-corrected chi connectivity index (χ4v) is 1.85. The average Bonchev–Trinajstić information content (AvgIpc) is 2.50. The number of pyridine rings is 1. The molecule has 1 aromatic rings. The van der Waals surface area contributed by atoms with E-state index in [4.69, 9.17) is 9.31 Å². The molecule has 1 aromatic heterocycles. The van der Waals surface area contributed by atoms with Gasteiger partial charge < -0.3 is 9.31 Å². The zero-order chi connectivity index (χ0) is 14.3. The smallest absolute Gasteiger partial charge is 0.400 e. The van der Waals surface area contributed by atoms with Crippen molar-refractivity contribution >= 4 is 13.2 Å². The third-order valence-electron chi connectivity index (χ3n) is 3.89. The molecule has 0 aliphatic carbocycles. The van der Waals surface area contributed by atoms with E-state index < -0.39 is 13.1 Å². The Morgan fingerprint density at radius 3 is 2.37 bits per heavy atom. The van der Waals surface area contributed by atoms with Crippen LogP contribution >= 0.6 is 0 Å². The Morgan fingerprint density at radius 2 is 1.79 bits per heavy atom. The van der Waals surface area contributed by atoms with E-state index in [1.165, 1.54) is 6.20 Å². The van der Waals surface area contributed by atoms with Gasteiger partial charge in [0, 0.05) is 11.8 Å². The highest BCUT2D eigenvalue weighted by Crippen LogP contribution is 2.37. The Bertz CT molecular complexity index is 498. The lowest BCUT2D eigenvalue weighted by Gasteiger charge is -2.32. The van der Waals surface area contributed by atoms with E-state index in [1.54, 1.807) is 19.0 Å². The van der Waals surface area contributed by atoms with Crippen molar-refractivity contribution in [3.63, 3.8) is 0 Å². The topological polar surface area (TPSA) is 31.4 Å². The van der Waals surface area contributed by atoms with Crippen molar-refractivity contribution in [1.82, 2.24) is 4.98 Å². The van der Waals surface area contributed by atoms with Gasteiger partial charge >= 0.3 is 7.12 Å². The molecule has 0 atom stereocenters. The summed E-state index contributed by atoms with van der Waals surface area (Å²) in [6.07, 6.45) is 3.26. The summed E-state index contributed by atoms with van der Waals surface area (Å²) in [6, 6.07) is 1.76. The van der Waals surface area contributed by atoms with Crippen LogP contribution in [0.1, 0.15) is 38.8 Å². The predicted molar refractivity (Wildman–Crippen MR) is 74.0 cm³/mol. The summed E-state index contributed by atoms with van der Waals surface area (Å²) < 4.78 is 25.0. The SMILES string of the molecule is Cc1c(/C=C/B2OC(C)(C)C(C)(C)O2)ccnc1F. The summed E-state index contributed by atoms with van der Waals surface area (Å²) in [7, 11) is -0.416. The zero-order valence-electron chi connectivity index (χ0n) is 12.0. The van der Waals surface area contributed by atoms with Crippen molar-refractivity contribution in [1.29, 1.82) is 0 Å². The van der Waals surface area contributed by atoms with Crippen LogP contribution in [0, 0.1) is 12.9 Å². The highest BCUT2D eigenvalue weighted by atomic mass is 19.1. The third kappa shape index (κ3) is 2.72. The molecule has 0 spiro atoms. The fourth-order valence-electron chi connectivity index (χ4n) is 1.85. The van der Waals surface area contributed by atoms with Crippen LogP contribution in [0.25, 0.3) is 6.08 Å². The standard InChI is InChI=1S/C14H19BFNO2/c1-10-11(7-9-17-12(10)16)6-8-15-18-13(2,3)14(4,5)19-15/h6-9H,1-5H3/b8-6+. The summed E-state index contributed by atoms with van der Waals surface area (Å²) in [5, 5.41) is 0. The summed E-state index contributed by atoms with van der Waals surface area (Å²) in [5.74, 6) is 1.36. The summed E-state index contributed by atoms with van der Waals surface area (Å²) >= 11 is 0. The van der Waals surface area contributed by atoms with Gasteiger partial charge in [-0.1, -0.05) is 12.1 Å². The molecule has 3 nitrogen and oxygen atoms in total. The quantitative estimate of drug-likeness (QED) is 0.606. The van der Waals surface area contributed by atoms with Gasteiger partial charge in [-0.2, -0.15) is 4.39 Å².